The quantitative estimate of drug-likeness (QED) is 0.803. The molecule has 1 aromatic rings. The molecule has 0 unspecified atom stereocenters. The second kappa shape index (κ2) is 6.23. The van der Waals surface area contributed by atoms with Crippen LogP contribution < -0.4 is 4.72 Å². The number of methoxy groups -OCH3 is 2. The standard InChI is InChI=1S/C13H17NO6S/c1-13(2,12(16)20-4)14-21(17,18)10-7-5-6-9(8-10)11(15)19-3/h5-8,14H,1-4H3. The zero-order valence-electron chi connectivity index (χ0n) is 12.2. The van der Waals surface area contributed by atoms with Gasteiger partial charge in [0.2, 0.25) is 10.0 Å². The number of carbonyl (C=O) groups excluding carboxylic acids is 2. The molecule has 0 radical (unpaired) electrons. The molecule has 1 aromatic carbocycles. The van der Waals surface area contributed by atoms with Crippen molar-refractivity contribution in [3.63, 3.8) is 0 Å². The topological polar surface area (TPSA) is 98.8 Å². The van der Waals surface area contributed by atoms with Gasteiger partial charge in [0.05, 0.1) is 24.7 Å². The average molecular weight is 315 g/mol. The van der Waals surface area contributed by atoms with Gasteiger partial charge in [-0.3, -0.25) is 4.79 Å². The van der Waals surface area contributed by atoms with Crippen molar-refractivity contribution in [2.24, 2.45) is 0 Å². The largest absolute Gasteiger partial charge is 0.468 e. The number of ether oxygens (including phenoxy) is 2. The normalized spacial score (nSPS) is 11.8. The summed E-state index contributed by atoms with van der Waals surface area (Å²) >= 11 is 0. The van der Waals surface area contributed by atoms with Gasteiger partial charge in [-0.05, 0) is 32.0 Å². The Morgan fingerprint density at radius 2 is 1.76 bits per heavy atom. The molecule has 116 valence electrons. The Bertz CT molecular complexity index is 650. The molecule has 0 atom stereocenters. The Morgan fingerprint density at radius 3 is 2.29 bits per heavy atom. The lowest BCUT2D eigenvalue weighted by atomic mass is 10.1. The number of rotatable bonds is 5. The van der Waals surface area contributed by atoms with Gasteiger partial charge < -0.3 is 9.47 Å². The van der Waals surface area contributed by atoms with Crippen LogP contribution in [0.4, 0.5) is 0 Å². The molecule has 0 amide bonds. The van der Waals surface area contributed by atoms with Crippen LogP contribution >= 0.6 is 0 Å². The maximum absolute atomic E-state index is 12.3. The molecule has 0 aliphatic carbocycles. The number of nitrogens with one attached hydrogen (secondary N) is 1. The number of carbonyl (C=O) groups is 2. The van der Waals surface area contributed by atoms with Crippen molar-refractivity contribution < 1.29 is 27.5 Å². The monoisotopic (exact) mass is 315 g/mol. The SMILES string of the molecule is COC(=O)c1cccc(S(=O)(=O)NC(C)(C)C(=O)OC)c1. The molecule has 7 nitrogen and oxygen atoms in total. The zero-order valence-corrected chi connectivity index (χ0v) is 13.0. The van der Waals surface area contributed by atoms with Crippen LogP contribution in [0.3, 0.4) is 0 Å². The molecule has 21 heavy (non-hydrogen) atoms. The molecule has 0 saturated carbocycles. The zero-order chi connectivity index (χ0) is 16.3. The van der Waals surface area contributed by atoms with Crippen LogP contribution in [0.25, 0.3) is 0 Å². The molecule has 0 aromatic heterocycles. The average Bonchev–Trinajstić information content (AvgIpc) is 2.44. The van der Waals surface area contributed by atoms with E-state index in [1.807, 2.05) is 0 Å². The predicted octanol–water partition coefficient (Wildman–Crippen LogP) is 0.703. The van der Waals surface area contributed by atoms with Crippen LogP contribution in [-0.2, 0) is 24.3 Å². The van der Waals surface area contributed by atoms with Crippen LogP contribution in [0, 0.1) is 0 Å². The lowest BCUT2D eigenvalue weighted by Crippen LogP contribution is -2.50. The summed E-state index contributed by atoms with van der Waals surface area (Å²) in [6.45, 7) is 2.75. The summed E-state index contributed by atoms with van der Waals surface area (Å²) in [5.41, 5.74) is -1.34. The number of benzene rings is 1. The third-order valence-corrected chi connectivity index (χ3v) is 4.30. The van der Waals surface area contributed by atoms with Crippen molar-refractivity contribution >= 4 is 22.0 Å². The van der Waals surface area contributed by atoms with Gasteiger partial charge in [-0.25, -0.2) is 13.2 Å². The first-order valence-corrected chi connectivity index (χ1v) is 7.43. The number of sulfonamides is 1. The van der Waals surface area contributed by atoms with Crippen molar-refractivity contribution in [3.05, 3.63) is 29.8 Å². The van der Waals surface area contributed by atoms with Crippen LogP contribution in [0.5, 0.6) is 0 Å². The molecule has 0 aliphatic heterocycles. The van der Waals surface area contributed by atoms with Crippen LogP contribution in [0.2, 0.25) is 0 Å². The van der Waals surface area contributed by atoms with E-state index >= 15 is 0 Å². The van der Waals surface area contributed by atoms with Gasteiger partial charge in [0, 0.05) is 0 Å². The van der Waals surface area contributed by atoms with E-state index < -0.39 is 27.5 Å². The molecule has 1 N–H and O–H groups in total. The van der Waals surface area contributed by atoms with E-state index in [0.29, 0.717) is 0 Å². The maximum Gasteiger partial charge on any atom is 0.337 e. The van der Waals surface area contributed by atoms with Crippen LogP contribution in [0.15, 0.2) is 29.2 Å². The summed E-state index contributed by atoms with van der Waals surface area (Å²) in [5, 5.41) is 0. The van der Waals surface area contributed by atoms with Gasteiger partial charge in [0.15, 0.2) is 0 Å². The van der Waals surface area contributed by atoms with Gasteiger partial charge >= 0.3 is 11.9 Å². The summed E-state index contributed by atoms with van der Waals surface area (Å²) in [4.78, 5) is 22.8. The number of hydrogen-bond acceptors (Lipinski definition) is 6. The Kier molecular flexibility index (Phi) is 5.08. The minimum Gasteiger partial charge on any atom is -0.468 e. The van der Waals surface area contributed by atoms with Crippen molar-refractivity contribution in [1.82, 2.24) is 4.72 Å². The summed E-state index contributed by atoms with van der Waals surface area (Å²) in [6.07, 6.45) is 0. The summed E-state index contributed by atoms with van der Waals surface area (Å²) in [7, 11) is -1.64. The lowest BCUT2D eigenvalue weighted by Gasteiger charge is -2.22. The van der Waals surface area contributed by atoms with E-state index in [1.54, 1.807) is 0 Å². The highest BCUT2D eigenvalue weighted by Gasteiger charge is 2.34. The molecule has 1 rings (SSSR count). The fraction of sp³-hybridized carbons (Fsp3) is 0.385. The highest BCUT2D eigenvalue weighted by atomic mass is 32.2. The smallest absolute Gasteiger partial charge is 0.337 e. The second-order valence-corrected chi connectivity index (χ2v) is 6.42. The highest BCUT2D eigenvalue weighted by Crippen LogP contribution is 2.16. The predicted molar refractivity (Wildman–Crippen MR) is 74.2 cm³/mol. The number of esters is 2. The molecule has 8 heteroatoms. The van der Waals surface area contributed by atoms with E-state index in [-0.39, 0.29) is 10.5 Å². The second-order valence-electron chi connectivity index (χ2n) is 4.74. The highest BCUT2D eigenvalue weighted by molar-refractivity contribution is 7.89. The molecular weight excluding hydrogens is 298 g/mol. The third-order valence-electron chi connectivity index (χ3n) is 2.65. The van der Waals surface area contributed by atoms with E-state index in [2.05, 4.69) is 14.2 Å². The minimum absolute atomic E-state index is 0.0937. The van der Waals surface area contributed by atoms with Crippen LogP contribution in [-0.4, -0.2) is 40.1 Å². The van der Waals surface area contributed by atoms with Gasteiger partial charge in [0.1, 0.15) is 5.54 Å². The summed E-state index contributed by atoms with van der Waals surface area (Å²) in [5.74, 6) is -1.38. The van der Waals surface area contributed by atoms with E-state index in [4.69, 9.17) is 0 Å². The molecule has 0 aliphatic rings. The fourth-order valence-electron chi connectivity index (χ4n) is 1.60. The molecule has 0 spiro atoms. The van der Waals surface area contributed by atoms with E-state index in [9.17, 15) is 18.0 Å². The first-order valence-electron chi connectivity index (χ1n) is 5.95. The van der Waals surface area contributed by atoms with Crippen molar-refractivity contribution in [2.75, 3.05) is 14.2 Å². The minimum atomic E-state index is -4.00. The summed E-state index contributed by atoms with van der Waals surface area (Å²) in [6, 6.07) is 5.31. The van der Waals surface area contributed by atoms with Crippen molar-refractivity contribution in [2.45, 2.75) is 24.3 Å². The third kappa shape index (κ3) is 4.02. The molecule has 0 heterocycles. The first-order chi connectivity index (χ1) is 9.64. The number of hydrogen-bond donors (Lipinski definition) is 1. The van der Waals surface area contributed by atoms with E-state index in [1.165, 1.54) is 45.2 Å². The lowest BCUT2D eigenvalue weighted by molar-refractivity contribution is -0.146. The van der Waals surface area contributed by atoms with Gasteiger partial charge in [0.25, 0.3) is 0 Å². The Balaban J connectivity index is 3.15. The van der Waals surface area contributed by atoms with Gasteiger partial charge in [-0.1, -0.05) is 6.07 Å². The summed E-state index contributed by atoms with van der Waals surface area (Å²) < 4.78 is 35.8. The van der Waals surface area contributed by atoms with Gasteiger partial charge in [-0.2, -0.15) is 4.72 Å². The fourth-order valence-corrected chi connectivity index (χ4v) is 3.01. The Morgan fingerprint density at radius 1 is 1.14 bits per heavy atom. The molecule has 0 fully saturated rings. The van der Waals surface area contributed by atoms with E-state index in [0.717, 1.165) is 7.11 Å². The van der Waals surface area contributed by atoms with Gasteiger partial charge in [-0.15, -0.1) is 0 Å². The van der Waals surface area contributed by atoms with Crippen molar-refractivity contribution in [1.29, 1.82) is 0 Å². The maximum atomic E-state index is 12.3. The molecule has 0 saturated heterocycles. The molecule has 0 bridgehead atoms. The van der Waals surface area contributed by atoms with Crippen molar-refractivity contribution in [3.8, 4) is 0 Å². The van der Waals surface area contributed by atoms with Crippen LogP contribution in [0.1, 0.15) is 24.2 Å². The Hall–Kier alpha value is -1.93. The molecular formula is C13H17NO6S. The Labute approximate surface area is 123 Å². The first kappa shape index (κ1) is 17.1.